The maximum absolute atomic E-state index is 12.9. The average molecular weight is 456 g/mol. The van der Waals surface area contributed by atoms with Crippen LogP contribution in [0, 0.1) is 13.8 Å². The van der Waals surface area contributed by atoms with Gasteiger partial charge in [0.05, 0.1) is 12.6 Å². The van der Waals surface area contributed by atoms with Crippen molar-refractivity contribution in [1.29, 1.82) is 0 Å². The number of nitrogens with zero attached hydrogens (tertiary/aromatic N) is 1. The molecule has 3 aromatic carbocycles. The molecule has 0 bridgehead atoms. The fraction of sp³-hybridized carbons (Fsp3) is 0.214. The molecule has 0 saturated heterocycles. The van der Waals surface area contributed by atoms with Gasteiger partial charge in [-0.15, -0.1) is 0 Å². The molecule has 2 N–H and O–H groups in total. The molecular weight excluding hydrogens is 426 g/mol. The first-order valence-corrected chi connectivity index (χ1v) is 11.6. The number of H-pyrrole nitrogens is 1. The number of fused-ring (bicyclic) bond motifs is 1. The third-order valence-corrected chi connectivity index (χ3v) is 6.42. The van der Waals surface area contributed by atoms with Crippen LogP contribution in [0.15, 0.2) is 83.7 Å². The Balaban J connectivity index is 1.63. The topological polar surface area (TPSA) is 48.1 Å². The Kier molecular flexibility index (Phi) is 6.90. The van der Waals surface area contributed by atoms with Gasteiger partial charge in [-0.1, -0.05) is 60.7 Å². The summed E-state index contributed by atoms with van der Waals surface area (Å²) in [6.45, 7) is 7.27. The summed E-state index contributed by atoms with van der Waals surface area (Å²) in [5, 5.41) is 5.11. The fourth-order valence-corrected chi connectivity index (χ4v) is 4.26. The predicted octanol–water partition coefficient (Wildman–Crippen LogP) is 5.78. The lowest BCUT2D eigenvalue weighted by Crippen LogP contribution is -2.41. The van der Waals surface area contributed by atoms with E-state index >= 15 is 0 Å². The number of pyridine rings is 1. The second-order valence-electron chi connectivity index (χ2n) is 8.57. The summed E-state index contributed by atoms with van der Waals surface area (Å²) < 4.78 is 0. The molecule has 4 rings (SSSR count). The standard InChI is InChI=1S/C28H29N3OS/c1-19-14-24-16-25(27(32)30-26(24)15-20(19)2)18-31(17-22-10-6-4-7-11-22)28(33)29-21(3)23-12-8-5-9-13-23/h4-16,21H,17-18H2,1-3H3,(H,29,33)(H,30,32)/t21-/m1/s1. The molecule has 1 atom stereocenters. The molecule has 33 heavy (non-hydrogen) atoms. The number of benzene rings is 3. The van der Waals surface area contributed by atoms with E-state index in [2.05, 4.69) is 66.3 Å². The third-order valence-electron chi connectivity index (χ3n) is 6.04. The van der Waals surface area contributed by atoms with Crippen LogP contribution in [-0.2, 0) is 13.1 Å². The van der Waals surface area contributed by atoms with Crippen molar-refractivity contribution in [2.24, 2.45) is 0 Å². The summed E-state index contributed by atoms with van der Waals surface area (Å²) in [5.41, 5.74) is 6.14. The SMILES string of the molecule is Cc1cc2cc(CN(Cc3ccccc3)C(=S)N[C@H](C)c3ccccc3)c(=O)[nH]c2cc1C. The van der Waals surface area contributed by atoms with Crippen LogP contribution in [0.4, 0.5) is 0 Å². The summed E-state index contributed by atoms with van der Waals surface area (Å²) in [6.07, 6.45) is 0. The first kappa shape index (κ1) is 22.7. The number of aryl methyl sites for hydroxylation is 2. The molecule has 4 nitrogen and oxygen atoms in total. The highest BCUT2D eigenvalue weighted by Gasteiger charge is 2.16. The molecule has 0 radical (unpaired) electrons. The summed E-state index contributed by atoms with van der Waals surface area (Å²) >= 11 is 5.83. The molecule has 5 heteroatoms. The molecule has 4 aromatic rings. The number of aromatic nitrogens is 1. The second kappa shape index (κ2) is 10.0. The van der Waals surface area contributed by atoms with E-state index in [4.69, 9.17) is 12.2 Å². The first-order chi connectivity index (χ1) is 15.9. The molecule has 0 saturated carbocycles. The average Bonchev–Trinajstić information content (AvgIpc) is 2.81. The number of hydrogen-bond donors (Lipinski definition) is 2. The molecule has 0 unspecified atom stereocenters. The van der Waals surface area contributed by atoms with Gasteiger partial charge in [-0.3, -0.25) is 4.79 Å². The van der Waals surface area contributed by atoms with Gasteiger partial charge >= 0.3 is 0 Å². The van der Waals surface area contributed by atoms with Crippen LogP contribution in [0.5, 0.6) is 0 Å². The van der Waals surface area contributed by atoms with E-state index < -0.39 is 0 Å². The normalized spacial score (nSPS) is 11.8. The van der Waals surface area contributed by atoms with Crippen LogP contribution < -0.4 is 10.9 Å². The van der Waals surface area contributed by atoms with Crippen LogP contribution in [0.25, 0.3) is 10.9 Å². The van der Waals surface area contributed by atoms with Crippen molar-refractivity contribution in [3.05, 3.63) is 117 Å². The minimum atomic E-state index is -0.0808. The van der Waals surface area contributed by atoms with E-state index in [1.165, 1.54) is 5.56 Å². The Morgan fingerprint density at radius 1 is 0.939 bits per heavy atom. The van der Waals surface area contributed by atoms with Crippen LogP contribution in [-0.4, -0.2) is 15.0 Å². The minimum Gasteiger partial charge on any atom is -0.356 e. The Morgan fingerprint density at radius 2 is 1.58 bits per heavy atom. The van der Waals surface area contributed by atoms with Gasteiger partial charge < -0.3 is 15.2 Å². The van der Waals surface area contributed by atoms with Crippen molar-refractivity contribution >= 4 is 28.2 Å². The quantitative estimate of drug-likeness (QED) is 0.362. The zero-order chi connectivity index (χ0) is 23.4. The van der Waals surface area contributed by atoms with Crippen molar-refractivity contribution in [3.63, 3.8) is 0 Å². The van der Waals surface area contributed by atoms with Crippen LogP contribution in [0.1, 0.15) is 40.8 Å². The van der Waals surface area contributed by atoms with E-state index in [-0.39, 0.29) is 11.6 Å². The van der Waals surface area contributed by atoms with Crippen molar-refractivity contribution in [2.75, 3.05) is 0 Å². The van der Waals surface area contributed by atoms with Crippen LogP contribution >= 0.6 is 12.2 Å². The maximum atomic E-state index is 12.9. The van der Waals surface area contributed by atoms with Gasteiger partial charge in [0.2, 0.25) is 0 Å². The molecule has 0 fully saturated rings. The Morgan fingerprint density at radius 3 is 2.27 bits per heavy atom. The van der Waals surface area contributed by atoms with Gasteiger partial charge in [-0.25, -0.2) is 0 Å². The lowest BCUT2D eigenvalue weighted by molar-refractivity contribution is 0.392. The van der Waals surface area contributed by atoms with Gasteiger partial charge in [0.25, 0.3) is 5.56 Å². The van der Waals surface area contributed by atoms with Crippen molar-refractivity contribution < 1.29 is 0 Å². The van der Waals surface area contributed by atoms with Gasteiger partial charge in [-0.05, 0) is 78.8 Å². The van der Waals surface area contributed by atoms with Crippen LogP contribution in [0.3, 0.4) is 0 Å². The number of hydrogen-bond acceptors (Lipinski definition) is 2. The van der Waals surface area contributed by atoms with Gasteiger partial charge in [0, 0.05) is 17.6 Å². The Hall–Kier alpha value is -3.44. The smallest absolute Gasteiger partial charge is 0.253 e. The fourth-order valence-electron chi connectivity index (χ4n) is 3.95. The lowest BCUT2D eigenvalue weighted by Gasteiger charge is -2.28. The van der Waals surface area contributed by atoms with E-state index in [0.29, 0.717) is 23.8 Å². The summed E-state index contributed by atoms with van der Waals surface area (Å²) in [6, 6.07) is 26.6. The highest BCUT2D eigenvalue weighted by Crippen LogP contribution is 2.19. The zero-order valence-electron chi connectivity index (χ0n) is 19.3. The molecule has 0 aliphatic heterocycles. The zero-order valence-corrected chi connectivity index (χ0v) is 20.1. The Bertz CT molecular complexity index is 1320. The third kappa shape index (κ3) is 5.49. The molecule has 168 valence electrons. The molecule has 1 aromatic heterocycles. The van der Waals surface area contributed by atoms with Gasteiger partial charge in [0.15, 0.2) is 5.11 Å². The largest absolute Gasteiger partial charge is 0.356 e. The van der Waals surface area contributed by atoms with Gasteiger partial charge in [0.1, 0.15) is 0 Å². The Labute approximate surface area is 200 Å². The van der Waals surface area contributed by atoms with Crippen molar-refractivity contribution in [3.8, 4) is 0 Å². The molecule has 1 heterocycles. The van der Waals surface area contributed by atoms with Gasteiger partial charge in [-0.2, -0.15) is 0 Å². The van der Waals surface area contributed by atoms with E-state index in [9.17, 15) is 4.79 Å². The molecular formula is C28H29N3OS. The first-order valence-electron chi connectivity index (χ1n) is 11.2. The number of aromatic amines is 1. The predicted molar refractivity (Wildman–Crippen MR) is 140 cm³/mol. The van der Waals surface area contributed by atoms with E-state index in [1.807, 2.05) is 48.5 Å². The second-order valence-corrected chi connectivity index (χ2v) is 8.96. The summed E-state index contributed by atoms with van der Waals surface area (Å²) in [7, 11) is 0. The molecule has 0 spiro atoms. The molecule has 0 aliphatic carbocycles. The highest BCUT2D eigenvalue weighted by molar-refractivity contribution is 7.80. The van der Waals surface area contributed by atoms with Crippen molar-refractivity contribution in [2.45, 2.75) is 39.9 Å². The van der Waals surface area contributed by atoms with E-state index in [1.54, 1.807) is 0 Å². The number of rotatable bonds is 6. The highest BCUT2D eigenvalue weighted by atomic mass is 32.1. The lowest BCUT2D eigenvalue weighted by atomic mass is 10.0. The summed E-state index contributed by atoms with van der Waals surface area (Å²) in [4.78, 5) is 18.1. The summed E-state index contributed by atoms with van der Waals surface area (Å²) in [5.74, 6) is 0. The van der Waals surface area contributed by atoms with Crippen molar-refractivity contribution in [1.82, 2.24) is 15.2 Å². The van der Waals surface area contributed by atoms with Crippen LogP contribution in [0.2, 0.25) is 0 Å². The molecule has 0 aliphatic rings. The molecule has 0 amide bonds. The number of nitrogens with one attached hydrogen (secondary N) is 2. The maximum Gasteiger partial charge on any atom is 0.253 e. The van der Waals surface area contributed by atoms with E-state index in [0.717, 1.165) is 27.6 Å². The number of thiocarbonyl (C=S) groups is 1. The minimum absolute atomic E-state index is 0.0532. The monoisotopic (exact) mass is 455 g/mol.